The Labute approximate surface area is 224 Å². The number of anilines is 2. The SMILES string of the molecule is COc1ccc(CC(=O)Nc2nc3n(n2)C(c2ccccc2Cl)CC(c2ccc(Cl)cc2)N3)cc1OC. The Bertz CT molecular complexity index is 1420. The maximum Gasteiger partial charge on any atom is 0.250 e. The first-order valence-electron chi connectivity index (χ1n) is 11.7. The van der Waals surface area contributed by atoms with Gasteiger partial charge in [0.1, 0.15) is 0 Å². The van der Waals surface area contributed by atoms with Crippen molar-refractivity contribution in [2.45, 2.75) is 24.9 Å². The number of nitrogens with one attached hydrogen (secondary N) is 2. The molecule has 190 valence electrons. The smallest absolute Gasteiger partial charge is 0.250 e. The molecule has 0 aliphatic carbocycles. The molecule has 0 fully saturated rings. The van der Waals surface area contributed by atoms with Crippen LogP contribution in [0.15, 0.2) is 66.7 Å². The highest BCUT2D eigenvalue weighted by Crippen LogP contribution is 2.40. The third-order valence-corrected chi connectivity index (χ3v) is 6.89. The van der Waals surface area contributed by atoms with E-state index in [-0.39, 0.29) is 30.4 Å². The third-order valence-electron chi connectivity index (χ3n) is 6.29. The summed E-state index contributed by atoms with van der Waals surface area (Å²) in [6.45, 7) is 0. The Morgan fingerprint density at radius 3 is 2.54 bits per heavy atom. The van der Waals surface area contributed by atoms with Gasteiger partial charge in [0.15, 0.2) is 11.5 Å². The van der Waals surface area contributed by atoms with Gasteiger partial charge in [-0.3, -0.25) is 10.1 Å². The zero-order chi connectivity index (χ0) is 25.9. The number of rotatable bonds is 7. The lowest BCUT2D eigenvalue weighted by atomic mass is 9.93. The molecule has 2 N–H and O–H groups in total. The van der Waals surface area contributed by atoms with E-state index in [1.165, 1.54) is 0 Å². The average Bonchev–Trinajstić information content (AvgIpc) is 3.31. The van der Waals surface area contributed by atoms with Crippen LogP contribution in [0.4, 0.5) is 11.9 Å². The van der Waals surface area contributed by atoms with Gasteiger partial charge in [0.2, 0.25) is 11.9 Å². The van der Waals surface area contributed by atoms with Crippen LogP contribution in [0.25, 0.3) is 0 Å². The van der Waals surface area contributed by atoms with E-state index in [1.807, 2.05) is 54.6 Å². The molecular formula is C27H25Cl2N5O3. The lowest BCUT2D eigenvalue weighted by Gasteiger charge is -2.32. The first-order chi connectivity index (χ1) is 17.9. The van der Waals surface area contributed by atoms with Crippen LogP contribution in [0.5, 0.6) is 11.5 Å². The second-order valence-electron chi connectivity index (χ2n) is 8.64. The fraction of sp³-hybridized carbons (Fsp3) is 0.222. The van der Waals surface area contributed by atoms with Crippen LogP contribution in [-0.4, -0.2) is 34.9 Å². The second-order valence-corrected chi connectivity index (χ2v) is 9.48. The fourth-order valence-corrected chi connectivity index (χ4v) is 4.88. The second kappa shape index (κ2) is 10.7. The van der Waals surface area contributed by atoms with E-state index >= 15 is 0 Å². The number of carbonyl (C=O) groups excluding carboxylic acids is 1. The van der Waals surface area contributed by atoms with Gasteiger partial charge in [-0.25, -0.2) is 4.68 Å². The Hall–Kier alpha value is -3.75. The highest BCUT2D eigenvalue weighted by atomic mass is 35.5. The van der Waals surface area contributed by atoms with Crippen LogP contribution in [0, 0.1) is 0 Å². The summed E-state index contributed by atoms with van der Waals surface area (Å²) >= 11 is 12.7. The zero-order valence-electron chi connectivity index (χ0n) is 20.2. The predicted octanol–water partition coefficient (Wildman–Crippen LogP) is 5.93. The van der Waals surface area contributed by atoms with Gasteiger partial charge in [0.25, 0.3) is 5.95 Å². The van der Waals surface area contributed by atoms with Crippen LogP contribution >= 0.6 is 23.2 Å². The van der Waals surface area contributed by atoms with E-state index < -0.39 is 0 Å². The van der Waals surface area contributed by atoms with E-state index in [1.54, 1.807) is 31.0 Å². The van der Waals surface area contributed by atoms with Gasteiger partial charge in [-0.2, -0.15) is 4.98 Å². The molecule has 3 aromatic carbocycles. The summed E-state index contributed by atoms with van der Waals surface area (Å²) in [5, 5.41) is 12.2. The maximum absolute atomic E-state index is 12.8. The first-order valence-corrected chi connectivity index (χ1v) is 12.4. The Morgan fingerprint density at radius 2 is 1.81 bits per heavy atom. The summed E-state index contributed by atoms with van der Waals surface area (Å²) < 4.78 is 12.4. The molecule has 10 heteroatoms. The Morgan fingerprint density at radius 1 is 1.05 bits per heavy atom. The molecule has 2 unspecified atom stereocenters. The maximum atomic E-state index is 12.8. The van der Waals surface area contributed by atoms with Gasteiger partial charge in [0, 0.05) is 10.0 Å². The van der Waals surface area contributed by atoms with Crippen molar-refractivity contribution >= 4 is 41.0 Å². The summed E-state index contributed by atoms with van der Waals surface area (Å²) in [4.78, 5) is 17.4. The van der Waals surface area contributed by atoms with Gasteiger partial charge in [0.05, 0.1) is 32.7 Å². The van der Waals surface area contributed by atoms with E-state index in [0.717, 1.165) is 16.7 Å². The molecule has 0 radical (unpaired) electrons. The molecule has 4 aromatic rings. The summed E-state index contributed by atoms with van der Waals surface area (Å²) in [6.07, 6.45) is 0.805. The third kappa shape index (κ3) is 5.35. The van der Waals surface area contributed by atoms with Crippen molar-refractivity contribution in [2.24, 2.45) is 0 Å². The largest absolute Gasteiger partial charge is 0.493 e. The minimum atomic E-state index is -0.251. The van der Waals surface area contributed by atoms with Crippen molar-refractivity contribution in [1.29, 1.82) is 0 Å². The van der Waals surface area contributed by atoms with E-state index in [2.05, 4.69) is 20.7 Å². The molecule has 2 heterocycles. The highest BCUT2D eigenvalue weighted by molar-refractivity contribution is 6.31. The van der Waals surface area contributed by atoms with Crippen molar-refractivity contribution in [3.05, 3.63) is 93.5 Å². The summed E-state index contributed by atoms with van der Waals surface area (Å²) in [7, 11) is 3.12. The van der Waals surface area contributed by atoms with Crippen LogP contribution < -0.4 is 20.1 Å². The lowest BCUT2D eigenvalue weighted by molar-refractivity contribution is -0.115. The average molecular weight is 538 g/mol. The minimum Gasteiger partial charge on any atom is -0.493 e. The van der Waals surface area contributed by atoms with Crippen molar-refractivity contribution in [3.63, 3.8) is 0 Å². The standard InChI is InChI=1S/C27H25Cl2N5O3/c1-36-23-12-7-16(13-24(23)37-2)14-25(35)31-26-32-27-30-21(17-8-10-18(28)11-9-17)15-22(34(27)33-26)19-5-3-4-6-20(19)29/h3-13,21-22H,14-15H2,1-2H3,(H2,30,31,32,33,35). The number of benzene rings is 3. The van der Waals surface area contributed by atoms with Gasteiger partial charge < -0.3 is 14.8 Å². The molecule has 0 bridgehead atoms. The number of hydrogen-bond acceptors (Lipinski definition) is 6. The zero-order valence-corrected chi connectivity index (χ0v) is 21.8. The Balaban J connectivity index is 1.41. The van der Waals surface area contributed by atoms with Gasteiger partial charge >= 0.3 is 0 Å². The molecule has 0 saturated heterocycles. The number of ether oxygens (including phenoxy) is 2. The molecule has 2 atom stereocenters. The van der Waals surface area contributed by atoms with E-state index in [4.69, 9.17) is 32.7 Å². The number of halogens is 2. The van der Waals surface area contributed by atoms with Crippen LogP contribution in [0.3, 0.4) is 0 Å². The normalized spacial score (nSPS) is 16.4. The number of fused-ring (bicyclic) bond motifs is 1. The topological polar surface area (TPSA) is 90.3 Å². The van der Waals surface area contributed by atoms with E-state index in [0.29, 0.717) is 33.9 Å². The summed E-state index contributed by atoms with van der Waals surface area (Å²) in [5.74, 6) is 1.66. The lowest BCUT2D eigenvalue weighted by Crippen LogP contribution is -2.28. The molecule has 1 aromatic heterocycles. The number of carbonyl (C=O) groups is 1. The molecule has 8 nitrogen and oxygen atoms in total. The molecule has 1 amide bonds. The molecule has 37 heavy (non-hydrogen) atoms. The van der Waals surface area contributed by atoms with Crippen molar-refractivity contribution in [2.75, 3.05) is 24.9 Å². The highest BCUT2D eigenvalue weighted by Gasteiger charge is 2.32. The monoisotopic (exact) mass is 537 g/mol. The number of hydrogen-bond donors (Lipinski definition) is 2. The predicted molar refractivity (Wildman–Crippen MR) is 144 cm³/mol. The quantitative estimate of drug-likeness (QED) is 0.303. The number of methoxy groups -OCH3 is 2. The molecule has 0 spiro atoms. The fourth-order valence-electron chi connectivity index (χ4n) is 4.49. The van der Waals surface area contributed by atoms with Gasteiger partial charge in [-0.1, -0.05) is 59.6 Å². The van der Waals surface area contributed by atoms with Crippen LogP contribution in [0.1, 0.15) is 35.2 Å². The first kappa shape index (κ1) is 24.9. The molecule has 1 aliphatic rings. The molecule has 5 rings (SSSR count). The molecule has 0 saturated carbocycles. The van der Waals surface area contributed by atoms with Crippen molar-refractivity contribution in [1.82, 2.24) is 14.8 Å². The van der Waals surface area contributed by atoms with Crippen molar-refractivity contribution < 1.29 is 14.3 Å². The molecular weight excluding hydrogens is 513 g/mol. The Kier molecular flexibility index (Phi) is 7.21. The van der Waals surface area contributed by atoms with E-state index in [9.17, 15) is 4.79 Å². The summed E-state index contributed by atoms with van der Waals surface area (Å²) in [6, 6.07) is 20.5. The molecule has 1 aliphatic heterocycles. The summed E-state index contributed by atoms with van der Waals surface area (Å²) in [5.41, 5.74) is 2.77. The van der Waals surface area contributed by atoms with Gasteiger partial charge in [-0.15, -0.1) is 5.10 Å². The van der Waals surface area contributed by atoms with Crippen LogP contribution in [-0.2, 0) is 11.2 Å². The minimum absolute atomic E-state index is 0.0504. The van der Waals surface area contributed by atoms with Crippen LogP contribution in [0.2, 0.25) is 10.0 Å². The van der Waals surface area contributed by atoms with Gasteiger partial charge in [-0.05, 0) is 53.4 Å². The number of amides is 1. The van der Waals surface area contributed by atoms with Crippen molar-refractivity contribution in [3.8, 4) is 11.5 Å². The number of nitrogens with zero attached hydrogens (tertiary/aromatic N) is 3. The number of aromatic nitrogens is 3.